The molecule has 0 saturated carbocycles. The normalized spacial score (nSPS) is 11.9. The highest BCUT2D eigenvalue weighted by molar-refractivity contribution is 5.88. The van der Waals surface area contributed by atoms with Crippen LogP contribution in [0.5, 0.6) is 0 Å². The molecule has 0 amide bonds. The van der Waals surface area contributed by atoms with Crippen molar-refractivity contribution in [2.24, 2.45) is 0 Å². The summed E-state index contributed by atoms with van der Waals surface area (Å²) in [4.78, 5) is 7.75. The monoisotopic (exact) mass is 385 g/mol. The summed E-state index contributed by atoms with van der Waals surface area (Å²) in [5.74, 6) is 0.0246. The second kappa shape index (κ2) is 6.61. The molecule has 0 aliphatic rings. The van der Waals surface area contributed by atoms with E-state index >= 15 is 0 Å². The molecule has 0 unspecified atom stereocenters. The fraction of sp³-hybridized carbons (Fsp3) is 0.105. The predicted molar refractivity (Wildman–Crippen MR) is 97.4 cm³/mol. The van der Waals surface area contributed by atoms with Crippen molar-refractivity contribution in [3.63, 3.8) is 0 Å². The van der Waals surface area contributed by atoms with Gasteiger partial charge in [-0.25, -0.2) is 9.67 Å². The maximum absolute atomic E-state index is 13.0. The number of alkyl halides is 3. The van der Waals surface area contributed by atoms with Gasteiger partial charge in [0.2, 0.25) is 0 Å². The van der Waals surface area contributed by atoms with Gasteiger partial charge in [-0.1, -0.05) is 6.07 Å². The summed E-state index contributed by atoms with van der Waals surface area (Å²) in [5, 5.41) is 14.5. The van der Waals surface area contributed by atoms with Crippen LogP contribution in [0.1, 0.15) is 11.3 Å². The van der Waals surface area contributed by atoms with Gasteiger partial charge in [0.25, 0.3) is 0 Å². The highest BCUT2D eigenvalue weighted by Gasteiger charge is 2.32. The molecular weight excluding hydrogens is 371 g/mol. The largest absolute Gasteiger partial charge is 0.433 e. The number of hydrogen-bond acceptors (Lipinski definition) is 5. The Bertz CT molecular complexity index is 1170. The Balaban J connectivity index is 1.93. The van der Waals surface area contributed by atoms with E-state index in [1.807, 2.05) is 0 Å². The summed E-state index contributed by atoms with van der Waals surface area (Å²) in [6.07, 6.45) is 0.0472. The van der Waals surface area contributed by atoms with Gasteiger partial charge in [-0.05, 0) is 41.5 Å². The number of halogens is 3. The third-order valence-electron chi connectivity index (χ3n) is 4.28. The number of fused-ring (bicyclic) bond motifs is 1. The first-order chi connectivity index (χ1) is 13.4. The van der Waals surface area contributed by atoms with E-state index in [1.165, 1.54) is 29.2 Å². The zero-order chi connectivity index (χ0) is 19.9. The van der Waals surface area contributed by atoms with E-state index in [9.17, 15) is 18.3 Å². The molecule has 3 N–H and O–H groups in total. The number of hydrogen-bond donors (Lipinski definition) is 2. The van der Waals surface area contributed by atoms with E-state index in [0.717, 1.165) is 6.07 Å². The van der Waals surface area contributed by atoms with Crippen LogP contribution in [-0.4, -0.2) is 24.9 Å². The average Bonchev–Trinajstić information content (AvgIpc) is 3.11. The molecule has 4 rings (SSSR count). The van der Waals surface area contributed by atoms with Crippen LogP contribution in [0, 0.1) is 0 Å². The molecule has 0 aliphatic heterocycles. The lowest BCUT2D eigenvalue weighted by molar-refractivity contribution is -0.141. The molecule has 142 valence electrons. The third-order valence-corrected chi connectivity index (χ3v) is 4.28. The minimum Gasteiger partial charge on any atom is -0.397 e. The molecule has 0 saturated heterocycles. The molecule has 6 nitrogen and oxygen atoms in total. The van der Waals surface area contributed by atoms with E-state index in [0.29, 0.717) is 33.3 Å². The number of anilines is 1. The van der Waals surface area contributed by atoms with Crippen LogP contribution in [-0.2, 0) is 12.8 Å². The zero-order valence-electron chi connectivity index (χ0n) is 14.4. The minimum absolute atomic E-state index is 0.0246. The first-order valence-corrected chi connectivity index (χ1v) is 8.24. The van der Waals surface area contributed by atoms with E-state index in [1.54, 1.807) is 24.4 Å². The average molecular weight is 385 g/mol. The molecule has 4 aromatic rings. The highest BCUT2D eigenvalue weighted by atomic mass is 19.4. The van der Waals surface area contributed by atoms with Gasteiger partial charge in [-0.15, -0.1) is 0 Å². The molecule has 0 radical (unpaired) electrons. The highest BCUT2D eigenvalue weighted by Crippen LogP contribution is 2.31. The first kappa shape index (κ1) is 17.9. The van der Waals surface area contributed by atoms with Gasteiger partial charge in [-0.2, -0.15) is 18.3 Å². The van der Waals surface area contributed by atoms with Gasteiger partial charge < -0.3 is 10.8 Å². The number of benzene rings is 1. The molecule has 0 atom stereocenters. The summed E-state index contributed by atoms with van der Waals surface area (Å²) < 4.78 is 40.4. The summed E-state index contributed by atoms with van der Waals surface area (Å²) in [7, 11) is 0. The summed E-state index contributed by atoms with van der Waals surface area (Å²) in [6, 6.07) is 8.85. The maximum atomic E-state index is 13.0. The van der Waals surface area contributed by atoms with Gasteiger partial charge in [0, 0.05) is 23.3 Å². The summed E-state index contributed by atoms with van der Waals surface area (Å²) >= 11 is 0. The number of aliphatic hydroxyl groups excluding tert-OH is 1. The van der Waals surface area contributed by atoms with Crippen LogP contribution in [0.25, 0.3) is 27.8 Å². The Morgan fingerprint density at radius 3 is 2.57 bits per heavy atom. The van der Waals surface area contributed by atoms with E-state index in [4.69, 9.17) is 5.73 Å². The van der Waals surface area contributed by atoms with E-state index < -0.39 is 11.9 Å². The number of aliphatic hydroxyl groups is 1. The second-order valence-electron chi connectivity index (χ2n) is 6.17. The molecule has 28 heavy (non-hydrogen) atoms. The quantitative estimate of drug-likeness (QED) is 0.563. The SMILES string of the molecule is Nc1cncc(-c2cc(CO)c3cnn(-c4cccc(C(F)(F)F)n4)c3c2)c1. The van der Waals surface area contributed by atoms with Crippen molar-refractivity contribution >= 4 is 16.6 Å². The Morgan fingerprint density at radius 2 is 1.86 bits per heavy atom. The van der Waals surface area contributed by atoms with Gasteiger partial charge in [0.1, 0.15) is 5.69 Å². The van der Waals surface area contributed by atoms with Crippen LogP contribution in [0.2, 0.25) is 0 Å². The van der Waals surface area contributed by atoms with Crippen molar-refractivity contribution in [2.75, 3.05) is 5.73 Å². The lowest BCUT2D eigenvalue weighted by Gasteiger charge is -2.10. The lowest BCUT2D eigenvalue weighted by atomic mass is 10.0. The van der Waals surface area contributed by atoms with Gasteiger partial charge in [0.05, 0.1) is 24.0 Å². The lowest BCUT2D eigenvalue weighted by Crippen LogP contribution is -2.10. The van der Waals surface area contributed by atoms with Crippen LogP contribution >= 0.6 is 0 Å². The molecule has 0 fully saturated rings. The second-order valence-corrected chi connectivity index (χ2v) is 6.17. The van der Waals surface area contributed by atoms with E-state index in [-0.39, 0.29) is 12.4 Å². The number of nitrogens with zero attached hydrogens (tertiary/aromatic N) is 4. The topological polar surface area (TPSA) is 89.9 Å². The molecule has 3 heterocycles. The number of rotatable bonds is 3. The Labute approximate surface area is 157 Å². The predicted octanol–water partition coefficient (Wildman–Crippen LogP) is 3.58. The zero-order valence-corrected chi connectivity index (χ0v) is 14.4. The van der Waals surface area contributed by atoms with Crippen molar-refractivity contribution in [3.05, 3.63) is 66.2 Å². The molecule has 0 aliphatic carbocycles. The third kappa shape index (κ3) is 3.16. The number of pyridine rings is 2. The Morgan fingerprint density at radius 1 is 1.04 bits per heavy atom. The summed E-state index contributed by atoms with van der Waals surface area (Å²) in [5.41, 5.74) is 7.75. The van der Waals surface area contributed by atoms with Crippen molar-refractivity contribution in [3.8, 4) is 16.9 Å². The Hall–Kier alpha value is -3.46. The maximum Gasteiger partial charge on any atom is 0.433 e. The van der Waals surface area contributed by atoms with Crippen molar-refractivity contribution < 1.29 is 18.3 Å². The van der Waals surface area contributed by atoms with Crippen molar-refractivity contribution in [1.29, 1.82) is 0 Å². The van der Waals surface area contributed by atoms with E-state index in [2.05, 4.69) is 15.1 Å². The van der Waals surface area contributed by atoms with Crippen LogP contribution in [0.3, 0.4) is 0 Å². The first-order valence-electron chi connectivity index (χ1n) is 8.24. The van der Waals surface area contributed by atoms with Crippen molar-refractivity contribution in [2.45, 2.75) is 12.8 Å². The van der Waals surface area contributed by atoms with Gasteiger partial charge in [0.15, 0.2) is 5.82 Å². The van der Waals surface area contributed by atoms with Crippen LogP contribution in [0.4, 0.5) is 18.9 Å². The Kier molecular flexibility index (Phi) is 4.23. The molecule has 1 aromatic carbocycles. The van der Waals surface area contributed by atoms with Crippen molar-refractivity contribution in [1.82, 2.24) is 19.7 Å². The van der Waals surface area contributed by atoms with Gasteiger partial charge in [-0.3, -0.25) is 4.98 Å². The number of nitrogen functional groups attached to an aromatic ring is 1. The molecule has 9 heteroatoms. The number of nitrogens with two attached hydrogens (primary N) is 1. The molecule has 0 bridgehead atoms. The molecule has 3 aromatic heterocycles. The number of aromatic nitrogens is 4. The standard InChI is InChI=1S/C19H14F3N5O/c20-19(21,22)17-2-1-3-18(26-17)27-16-6-11(12-5-14(23)8-24-7-12)4-13(10-28)15(16)9-25-27/h1-9,28H,10,23H2. The fourth-order valence-electron chi connectivity index (χ4n) is 2.99. The smallest absolute Gasteiger partial charge is 0.397 e. The fourth-order valence-corrected chi connectivity index (χ4v) is 2.99. The van der Waals surface area contributed by atoms with Gasteiger partial charge >= 0.3 is 6.18 Å². The van der Waals surface area contributed by atoms with Crippen LogP contribution in [0.15, 0.2) is 55.0 Å². The minimum atomic E-state index is -4.56. The molecular formula is C19H14F3N5O. The molecule has 0 spiro atoms. The summed E-state index contributed by atoms with van der Waals surface area (Å²) in [6.45, 7) is -0.262. The van der Waals surface area contributed by atoms with Crippen LogP contribution < -0.4 is 5.73 Å².